The van der Waals surface area contributed by atoms with Crippen LogP contribution < -0.4 is 9.47 Å². The van der Waals surface area contributed by atoms with Crippen LogP contribution >= 0.6 is 0 Å². The first-order chi connectivity index (χ1) is 22.3. The van der Waals surface area contributed by atoms with Crippen LogP contribution in [0.2, 0.25) is 0 Å². The first-order valence-electron chi connectivity index (χ1n) is 14.7. The van der Waals surface area contributed by atoms with Crippen LogP contribution in [0.3, 0.4) is 0 Å². The number of carbonyl (C=O) groups excluding carboxylic acids is 2. The van der Waals surface area contributed by atoms with Crippen LogP contribution in [0.15, 0.2) is 95.9 Å². The Kier molecular flexibility index (Phi) is 9.62. The van der Waals surface area contributed by atoms with E-state index in [0.29, 0.717) is 34.4 Å². The van der Waals surface area contributed by atoms with Crippen LogP contribution in [0, 0.1) is 0 Å². The minimum atomic E-state index is -4.66. The van der Waals surface area contributed by atoms with Gasteiger partial charge in [0.2, 0.25) is 0 Å². The number of hydrogen-bond acceptors (Lipinski definition) is 6. The van der Waals surface area contributed by atoms with Crippen LogP contribution in [-0.2, 0) is 21.8 Å². The summed E-state index contributed by atoms with van der Waals surface area (Å²) in [7, 11) is 0.750. The lowest BCUT2D eigenvalue weighted by atomic mass is 10.0. The molecular weight excluding hydrogens is 633 g/mol. The van der Waals surface area contributed by atoms with Crippen molar-refractivity contribution in [3.05, 3.63) is 113 Å². The van der Waals surface area contributed by atoms with Crippen molar-refractivity contribution in [1.29, 1.82) is 0 Å². The number of methoxy groups -OCH3 is 1. The van der Waals surface area contributed by atoms with Crippen LogP contribution in [0.25, 0.3) is 11.1 Å². The number of nitrogens with zero attached hydrogens (tertiary/aromatic N) is 2. The molecule has 4 aromatic carbocycles. The second-order valence-corrected chi connectivity index (χ2v) is 13.3. The number of ether oxygens (including phenoxy) is 2. The summed E-state index contributed by atoms with van der Waals surface area (Å²) in [6, 6.07) is 23.0. The van der Waals surface area contributed by atoms with E-state index in [4.69, 9.17) is 9.47 Å². The second-order valence-electron chi connectivity index (χ2n) is 11.4. The molecule has 0 unspecified atom stereocenters. The molecule has 1 aliphatic heterocycles. The molecule has 0 aliphatic carbocycles. The van der Waals surface area contributed by atoms with Crippen molar-refractivity contribution < 1.29 is 40.7 Å². The Bertz CT molecular complexity index is 1910. The zero-order valence-corrected chi connectivity index (χ0v) is 26.8. The van der Waals surface area contributed by atoms with Gasteiger partial charge in [-0.05, 0) is 65.2 Å². The van der Waals surface area contributed by atoms with Crippen molar-refractivity contribution in [2.75, 3.05) is 34.3 Å². The summed E-state index contributed by atoms with van der Waals surface area (Å²) in [6.07, 6.45) is -4.75. The molecule has 1 aliphatic rings. The van der Waals surface area contributed by atoms with E-state index in [0.717, 1.165) is 12.1 Å². The third-order valence-corrected chi connectivity index (χ3v) is 9.50. The van der Waals surface area contributed by atoms with Gasteiger partial charge in [-0.1, -0.05) is 42.5 Å². The van der Waals surface area contributed by atoms with E-state index in [-0.39, 0.29) is 35.4 Å². The van der Waals surface area contributed by atoms with Crippen LogP contribution in [0.5, 0.6) is 11.5 Å². The lowest BCUT2D eigenvalue weighted by Gasteiger charge is -2.20. The normalized spacial score (nSPS) is 14.9. The minimum Gasteiger partial charge on any atom is -0.495 e. The summed E-state index contributed by atoms with van der Waals surface area (Å²) < 4.78 is 79.3. The van der Waals surface area contributed by atoms with Gasteiger partial charge in [0.15, 0.2) is 9.84 Å². The fraction of sp³-hybridized carbons (Fsp3) is 0.257. The third-order valence-electron chi connectivity index (χ3n) is 7.80. The van der Waals surface area contributed by atoms with Crippen molar-refractivity contribution >= 4 is 21.7 Å². The fourth-order valence-corrected chi connectivity index (χ4v) is 7.02. The smallest absolute Gasteiger partial charge is 0.417 e. The van der Waals surface area contributed by atoms with Gasteiger partial charge < -0.3 is 19.3 Å². The van der Waals surface area contributed by atoms with Crippen molar-refractivity contribution in [1.82, 2.24) is 9.80 Å². The van der Waals surface area contributed by atoms with E-state index in [1.165, 1.54) is 35.1 Å². The summed E-state index contributed by atoms with van der Waals surface area (Å²) in [5.41, 5.74) is 0.760. The van der Waals surface area contributed by atoms with Gasteiger partial charge in [0, 0.05) is 32.6 Å². The highest BCUT2D eigenvalue weighted by Gasteiger charge is 2.37. The van der Waals surface area contributed by atoms with Crippen molar-refractivity contribution in [2.45, 2.75) is 29.3 Å². The highest BCUT2D eigenvalue weighted by atomic mass is 32.2. The number of carbonyl (C=O) groups is 2. The number of sulfone groups is 1. The lowest BCUT2D eigenvalue weighted by Crippen LogP contribution is -2.32. The molecular formula is C35H33F3N2O6S. The van der Waals surface area contributed by atoms with Gasteiger partial charge in [-0.2, -0.15) is 13.2 Å². The van der Waals surface area contributed by atoms with E-state index in [1.54, 1.807) is 74.8 Å². The molecule has 0 saturated carbocycles. The van der Waals surface area contributed by atoms with E-state index < -0.39 is 39.2 Å². The first-order valence-corrected chi connectivity index (χ1v) is 16.4. The standard InChI is InChI=1S/C35H33F3N2O6S/c1-39(2)33(41)26-10-7-9-24(19-26)25-14-15-31(45-3)32(20-25)47(43,44)22-23-8-6-11-27(18-23)46-28-16-17-40(21-28)34(42)29-12-4-5-13-30(29)35(36,37)38/h4-15,18-20,28H,16-17,21-22H2,1-3H3/t28-/m0/s1. The Hall–Kier alpha value is -4.84. The molecule has 246 valence electrons. The quantitative estimate of drug-likeness (QED) is 0.207. The Morgan fingerprint density at radius 1 is 0.915 bits per heavy atom. The fourth-order valence-electron chi connectivity index (χ4n) is 5.48. The Morgan fingerprint density at radius 3 is 2.36 bits per heavy atom. The van der Waals surface area contributed by atoms with Crippen molar-refractivity contribution in [3.63, 3.8) is 0 Å². The maximum absolute atomic E-state index is 13.7. The summed E-state index contributed by atoms with van der Waals surface area (Å²) in [5, 5.41) is 0. The number of alkyl halides is 3. The summed E-state index contributed by atoms with van der Waals surface area (Å²) in [6.45, 7) is 0.297. The van der Waals surface area contributed by atoms with Crippen LogP contribution in [-0.4, -0.2) is 70.4 Å². The van der Waals surface area contributed by atoms with E-state index in [2.05, 4.69) is 0 Å². The average molecular weight is 667 g/mol. The molecule has 1 atom stereocenters. The van der Waals surface area contributed by atoms with E-state index in [9.17, 15) is 31.2 Å². The highest BCUT2D eigenvalue weighted by molar-refractivity contribution is 7.90. The molecule has 0 N–H and O–H groups in total. The molecule has 5 rings (SSSR count). The molecule has 0 aromatic heterocycles. The zero-order valence-electron chi connectivity index (χ0n) is 26.0. The molecule has 0 bridgehead atoms. The Balaban J connectivity index is 1.31. The average Bonchev–Trinajstić information content (AvgIpc) is 3.51. The molecule has 0 radical (unpaired) electrons. The van der Waals surface area contributed by atoms with Gasteiger partial charge in [0.05, 0.1) is 30.5 Å². The summed E-state index contributed by atoms with van der Waals surface area (Å²) >= 11 is 0. The molecule has 0 spiro atoms. The molecule has 8 nitrogen and oxygen atoms in total. The van der Waals surface area contributed by atoms with Crippen molar-refractivity contribution in [3.8, 4) is 22.6 Å². The third kappa shape index (κ3) is 7.60. The lowest BCUT2D eigenvalue weighted by molar-refractivity contribution is -0.138. The second kappa shape index (κ2) is 13.5. The van der Waals surface area contributed by atoms with Gasteiger partial charge in [-0.3, -0.25) is 9.59 Å². The van der Waals surface area contributed by atoms with Crippen LogP contribution in [0.1, 0.15) is 38.3 Å². The number of hydrogen-bond donors (Lipinski definition) is 0. The minimum absolute atomic E-state index is 0.0164. The number of benzene rings is 4. The number of rotatable bonds is 9. The topological polar surface area (TPSA) is 93.2 Å². The molecule has 47 heavy (non-hydrogen) atoms. The largest absolute Gasteiger partial charge is 0.495 e. The summed E-state index contributed by atoms with van der Waals surface area (Å²) in [4.78, 5) is 28.2. The Morgan fingerprint density at radius 2 is 1.64 bits per heavy atom. The van der Waals surface area contributed by atoms with Crippen LogP contribution in [0.4, 0.5) is 13.2 Å². The molecule has 1 saturated heterocycles. The monoisotopic (exact) mass is 666 g/mol. The molecule has 1 fully saturated rings. The van der Waals surface area contributed by atoms with Gasteiger partial charge >= 0.3 is 6.18 Å². The predicted molar refractivity (Wildman–Crippen MR) is 170 cm³/mol. The molecule has 4 aromatic rings. The predicted octanol–water partition coefficient (Wildman–Crippen LogP) is 6.35. The van der Waals surface area contributed by atoms with Gasteiger partial charge in [0.1, 0.15) is 22.5 Å². The van der Waals surface area contributed by atoms with E-state index in [1.807, 2.05) is 0 Å². The summed E-state index contributed by atoms with van der Waals surface area (Å²) in [5.74, 6) is -0.734. The zero-order chi connectivity index (χ0) is 33.9. The van der Waals surface area contributed by atoms with Gasteiger partial charge in [-0.15, -0.1) is 0 Å². The van der Waals surface area contributed by atoms with Gasteiger partial charge in [-0.25, -0.2) is 8.42 Å². The number of likely N-dealkylation sites (tertiary alicyclic amines) is 1. The highest BCUT2D eigenvalue weighted by Crippen LogP contribution is 2.34. The number of halogens is 3. The maximum Gasteiger partial charge on any atom is 0.417 e. The molecule has 2 amide bonds. The molecule has 1 heterocycles. The van der Waals surface area contributed by atoms with Gasteiger partial charge in [0.25, 0.3) is 11.8 Å². The molecule has 12 heteroatoms. The SMILES string of the molecule is COc1ccc(-c2cccc(C(=O)N(C)C)c2)cc1S(=O)(=O)Cc1cccc(O[C@H]2CCN(C(=O)c3ccccc3C(F)(F)F)C2)c1. The maximum atomic E-state index is 13.7. The van der Waals surface area contributed by atoms with Crippen molar-refractivity contribution in [2.24, 2.45) is 0 Å². The number of amides is 2. The van der Waals surface area contributed by atoms with E-state index >= 15 is 0 Å². The first kappa shape index (κ1) is 33.5. The Labute approximate surface area is 271 Å².